The van der Waals surface area contributed by atoms with Crippen LogP contribution in [0.5, 0.6) is 0 Å². The molecule has 1 aliphatic rings. The molecule has 8 heteroatoms. The predicted molar refractivity (Wildman–Crippen MR) is 104 cm³/mol. The first kappa shape index (κ1) is 17.5. The number of fused-ring (bicyclic) bond motifs is 2. The van der Waals surface area contributed by atoms with E-state index in [-0.39, 0.29) is 12.5 Å². The number of aromatic nitrogens is 2. The van der Waals surface area contributed by atoms with Gasteiger partial charge in [0.05, 0.1) is 29.5 Å². The molecule has 2 heterocycles. The third kappa shape index (κ3) is 3.16. The highest BCUT2D eigenvalue weighted by Gasteiger charge is 2.27. The van der Waals surface area contributed by atoms with Gasteiger partial charge in [0.2, 0.25) is 10.0 Å². The molecule has 0 atom stereocenters. The average molecular weight is 384 g/mol. The second-order valence-corrected chi connectivity index (χ2v) is 8.59. The first-order valence-electron chi connectivity index (χ1n) is 8.64. The van der Waals surface area contributed by atoms with Crippen LogP contribution in [0.1, 0.15) is 21.7 Å². The Labute approximate surface area is 157 Å². The van der Waals surface area contributed by atoms with Gasteiger partial charge < -0.3 is 9.88 Å². The van der Waals surface area contributed by atoms with Crippen LogP contribution in [0.15, 0.2) is 42.5 Å². The van der Waals surface area contributed by atoms with Gasteiger partial charge in [-0.3, -0.25) is 9.10 Å². The summed E-state index contributed by atoms with van der Waals surface area (Å²) in [5.74, 6) is 0.494. The topological polar surface area (TPSA) is 84.3 Å². The summed E-state index contributed by atoms with van der Waals surface area (Å²) in [6, 6.07) is 13.0. The standard InChI is InChI=1S/C19H20N4O3S/c1-22-16-6-4-3-5-15(16)21-18(22)12-20-19(24)14-8-7-13-9-10-23(17(13)11-14)27(2,25)26/h3-8,11H,9-10,12H2,1-2H3,(H,20,24). The highest BCUT2D eigenvalue weighted by atomic mass is 32.2. The van der Waals surface area contributed by atoms with E-state index in [1.165, 1.54) is 10.6 Å². The van der Waals surface area contributed by atoms with E-state index in [1.807, 2.05) is 41.9 Å². The zero-order chi connectivity index (χ0) is 19.2. The quantitative estimate of drug-likeness (QED) is 0.744. The maximum Gasteiger partial charge on any atom is 0.251 e. The number of hydrogen-bond acceptors (Lipinski definition) is 4. The van der Waals surface area contributed by atoms with Crippen LogP contribution in [-0.4, -0.2) is 36.7 Å². The van der Waals surface area contributed by atoms with Crippen LogP contribution in [0.4, 0.5) is 5.69 Å². The number of benzene rings is 2. The van der Waals surface area contributed by atoms with E-state index < -0.39 is 10.0 Å². The molecular formula is C19H20N4O3S. The van der Waals surface area contributed by atoms with Gasteiger partial charge in [-0.1, -0.05) is 18.2 Å². The monoisotopic (exact) mass is 384 g/mol. The summed E-state index contributed by atoms with van der Waals surface area (Å²) < 4.78 is 27.2. The minimum atomic E-state index is -3.35. The number of amides is 1. The molecule has 0 radical (unpaired) electrons. The predicted octanol–water partition coefficient (Wildman–Crippen LogP) is 1.83. The Morgan fingerprint density at radius 1 is 1.22 bits per heavy atom. The third-order valence-electron chi connectivity index (χ3n) is 4.89. The molecular weight excluding hydrogens is 364 g/mol. The molecule has 0 saturated carbocycles. The zero-order valence-corrected chi connectivity index (χ0v) is 16.0. The van der Waals surface area contributed by atoms with Crippen molar-refractivity contribution in [1.82, 2.24) is 14.9 Å². The summed E-state index contributed by atoms with van der Waals surface area (Å²) in [7, 11) is -1.43. The number of imidazole rings is 1. The van der Waals surface area contributed by atoms with Crippen molar-refractivity contribution >= 4 is 32.7 Å². The number of carbonyl (C=O) groups is 1. The van der Waals surface area contributed by atoms with Crippen molar-refractivity contribution in [2.45, 2.75) is 13.0 Å². The smallest absolute Gasteiger partial charge is 0.251 e. The molecule has 1 aliphatic heterocycles. The van der Waals surface area contributed by atoms with Gasteiger partial charge in [-0.05, 0) is 36.2 Å². The second-order valence-electron chi connectivity index (χ2n) is 6.69. The van der Waals surface area contributed by atoms with Crippen molar-refractivity contribution in [1.29, 1.82) is 0 Å². The molecule has 1 N–H and O–H groups in total. The Kier molecular flexibility index (Phi) is 4.15. The van der Waals surface area contributed by atoms with Gasteiger partial charge in [-0.2, -0.15) is 0 Å². The van der Waals surface area contributed by atoms with Gasteiger partial charge >= 0.3 is 0 Å². The van der Waals surface area contributed by atoms with Crippen LogP contribution in [0.25, 0.3) is 11.0 Å². The Hall–Kier alpha value is -2.87. The maximum atomic E-state index is 12.6. The van der Waals surface area contributed by atoms with Gasteiger partial charge in [0.15, 0.2) is 0 Å². The van der Waals surface area contributed by atoms with Crippen molar-refractivity contribution in [3.63, 3.8) is 0 Å². The molecule has 1 aromatic heterocycles. The number of sulfonamides is 1. The number of nitrogens with one attached hydrogen (secondary N) is 1. The Morgan fingerprint density at radius 3 is 2.74 bits per heavy atom. The third-order valence-corrected chi connectivity index (χ3v) is 6.07. The second kappa shape index (κ2) is 6.38. The maximum absolute atomic E-state index is 12.6. The summed E-state index contributed by atoms with van der Waals surface area (Å²) in [6.45, 7) is 0.704. The Bertz CT molecular complexity index is 1150. The lowest BCUT2D eigenvalue weighted by Crippen LogP contribution is -2.28. The van der Waals surface area contributed by atoms with E-state index in [0.29, 0.717) is 24.2 Å². The van der Waals surface area contributed by atoms with Gasteiger partial charge in [-0.15, -0.1) is 0 Å². The van der Waals surface area contributed by atoms with E-state index in [4.69, 9.17) is 0 Å². The van der Waals surface area contributed by atoms with Crippen LogP contribution in [0.3, 0.4) is 0 Å². The molecule has 0 bridgehead atoms. The molecule has 27 heavy (non-hydrogen) atoms. The van der Waals surface area contributed by atoms with Crippen molar-refractivity contribution in [3.05, 3.63) is 59.4 Å². The molecule has 7 nitrogen and oxygen atoms in total. The van der Waals surface area contributed by atoms with E-state index in [9.17, 15) is 13.2 Å². The fourth-order valence-corrected chi connectivity index (χ4v) is 4.40. The largest absolute Gasteiger partial charge is 0.345 e. The molecule has 4 rings (SSSR count). The van der Waals surface area contributed by atoms with E-state index in [1.54, 1.807) is 12.1 Å². The normalized spacial score (nSPS) is 13.8. The molecule has 140 valence electrons. The lowest BCUT2D eigenvalue weighted by molar-refractivity contribution is 0.0949. The zero-order valence-electron chi connectivity index (χ0n) is 15.1. The first-order valence-corrected chi connectivity index (χ1v) is 10.5. The molecule has 0 spiro atoms. The van der Waals surface area contributed by atoms with Crippen LogP contribution < -0.4 is 9.62 Å². The number of hydrogen-bond donors (Lipinski definition) is 1. The lowest BCUT2D eigenvalue weighted by Gasteiger charge is -2.17. The van der Waals surface area contributed by atoms with E-state index in [0.717, 1.165) is 22.4 Å². The van der Waals surface area contributed by atoms with Crippen molar-refractivity contribution in [2.75, 3.05) is 17.1 Å². The van der Waals surface area contributed by atoms with Gasteiger partial charge in [0.25, 0.3) is 5.91 Å². The number of nitrogens with zero attached hydrogens (tertiary/aromatic N) is 3. The van der Waals surface area contributed by atoms with Gasteiger partial charge in [-0.25, -0.2) is 13.4 Å². The summed E-state index contributed by atoms with van der Waals surface area (Å²) in [6.07, 6.45) is 1.84. The molecule has 0 unspecified atom stereocenters. The minimum absolute atomic E-state index is 0.259. The van der Waals surface area contributed by atoms with Gasteiger partial charge in [0.1, 0.15) is 5.82 Å². The highest BCUT2D eigenvalue weighted by Crippen LogP contribution is 2.30. The molecule has 0 aliphatic carbocycles. The lowest BCUT2D eigenvalue weighted by atomic mass is 10.1. The number of rotatable bonds is 4. The van der Waals surface area contributed by atoms with E-state index >= 15 is 0 Å². The van der Waals surface area contributed by atoms with Crippen LogP contribution in [0.2, 0.25) is 0 Å². The molecule has 0 saturated heterocycles. The molecule has 0 fully saturated rings. The summed E-state index contributed by atoms with van der Waals surface area (Å²) in [4.78, 5) is 17.1. The molecule has 1 amide bonds. The Morgan fingerprint density at radius 2 is 2.00 bits per heavy atom. The van der Waals surface area contributed by atoms with Crippen molar-refractivity contribution < 1.29 is 13.2 Å². The average Bonchev–Trinajstić information content (AvgIpc) is 3.20. The first-order chi connectivity index (χ1) is 12.8. The molecule has 2 aromatic carbocycles. The van der Waals surface area contributed by atoms with Crippen LogP contribution in [-0.2, 0) is 30.0 Å². The van der Waals surface area contributed by atoms with Crippen molar-refractivity contribution in [2.24, 2.45) is 7.05 Å². The van der Waals surface area contributed by atoms with Gasteiger partial charge in [0, 0.05) is 19.2 Å². The number of anilines is 1. The number of carbonyl (C=O) groups excluding carboxylic acids is 1. The SMILES string of the molecule is Cn1c(CNC(=O)c2ccc3c(c2)N(S(C)(=O)=O)CC3)nc2ccccc21. The summed E-state index contributed by atoms with van der Waals surface area (Å²) in [5, 5.41) is 2.87. The van der Waals surface area contributed by atoms with Crippen LogP contribution in [0, 0.1) is 0 Å². The van der Waals surface area contributed by atoms with Crippen molar-refractivity contribution in [3.8, 4) is 0 Å². The fourth-order valence-electron chi connectivity index (χ4n) is 3.45. The van der Waals surface area contributed by atoms with E-state index in [2.05, 4.69) is 10.3 Å². The Balaban J connectivity index is 1.54. The number of para-hydroxylation sites is 2. The number of aryl methyl sites for hydroxylation is 1. The fraction of sp³-hybridized carbons (Fsp3) is 0.263. The minimum Gasteiger partial charge on any atom is -0.345 e. The van der Waals surface area contributed by atoms with Crippen LogP contribution >= 0.6 is 0 Å². The summed E-state index contributed by atoms with van der Waals surface area (Å²) >= 11 is 0. The highest BCUT2D eigenvalue weighted by molar-refractivity contribution is 7.92. The molecule has 3 aromatic rings. The summed E-state index contributed by atoms with van der Waals surface area (Å²) in [5.41, 5.74) is 3.84.